The second kappa shape index (κ2) is 7.17. The van der Waals surface area contributed by atoms with Gasteiger partial charge in [-0.1, -0.05) is 12.1 Å². The Morgan fingerprint density at radius 2 is 1.52 bits per heavy atom. The van der Waals surface area contributed by atoms with Gasteiger partial charge in [-0.05, 0) is 36.4 Å². The van der Waals surface area contributed by atoms with Gasteiger partial charge in [-0.25, -0.2) is 9.18 Å². The molecule has 7 heteroatoms. The van der Waals surface area contributed by atoms with E-state index in [1.807, 2.05) is 0 Å². The van der Waals surface area contributed by atoms with E-state index in [0.717, 1.165) is 12.1 Å². The van der Waals surface area contributed by atoms with Crippen molar-refractivity contribution >= 4 is 29.2 Å². The van der Waals surface area contributed by atoms with Crippen molar-refractivity contribution in [2.24, 2.45) is 0 Å². The standard InChI is InChI=1S/C16H13FN2O4/c1-23-16(22)12-4-2-3-5-13(12)19-15(21)14(20)18-11-8-6-10(17)7-9-11/h2-9H,1H3,(H,18,20)(H,19,21). The normalized spacial score (nSPS) is 9.83. The molecule has 2 N–H and O–H groups in total. The highest BCUT2D eigenvalue weighted by Gasteiger charge is 2.18. The monoisotopic (exact) mass is 316 g/mol. The van der Waals surface area contributed by atoms with Crippen LogP contribution in [0.4, 0.5) is 15.8 Å². The highest BCUT2D eigenvalue weighted by molar-refractivity contribution is 6.43. The van der Waals surface area contributed by atoms with Crippen LogP contribution < -0.4 is 10.6 Å². The zero-order valence-electron chi connectivity index (χ0n) is 12.1. The summed E-state index contributed by atoms with van der Waals surface area (Å²) in [4.78, 5) is 35.3. The lowest BCUT2D eigenvalue weighted by Gasteiger charge is -2.09. The average molecular weight is 316 g/mol. The number of para-hydroxylation sites is 1. The first-order valence-corrected chi connectivity index (χ1v) is 6.56. The number of hydrogen-bond acceptors (Lipinski definition) is 4. The molecule has 2 rings (SSSR count). The van der Waals surface area contributed by atoms with E-state index >= 15 is 0 Å². The Morgan fingerprint density at radius 3 is 2.17 bits per heavy atom. The smallest absolute Gasteiger partial charge is 0.339 e. The minimum atomic E-state index is -0.967. The van der Waals surface area contributed by atoms with Crippen LogP contribution in [-0.2, 0) is 14.3 Å². The molecule has 0 saturated carbocycles. The summed E-state index contributed by atoms with van der Waals surface area (Å²) in [6.07, 6.45) is 0. The molecule has 23 heavy (non-hydrogen) atoms. The van der Waals surface area contributed by atoms with E-state index in [-0.39, 0.29) is 16.9 Å². The van der Waals surface area contributed by atoms with Gasteiger partial charge >= 0.3 is 17.8 Å². The van der Waals surface area contributed by atoms with Crippen molar-refractivity contribution in [1.29, 1.82) is 0 Å². The molecule has 6 nitrogen and oxygen atoms in total. The molecule has 0 aliphatic rings. The minimum absolute atomic E-state index is 0.123. The Kier molecular flexibility index (Phi) is 5.03. The van der Waals surface area contributed by atoms with Crippen LogP contribution in [0.25, 0.3) is 0 Å². The maximum Gasteiger partial charge on any atom is 0.339 e. The van der Waals surface area contributed by atoms with Gasteiger partial charge in [-0.3, -0.25) is 9.59 Å². The second-order valence-corrected chi connectivity index (χ2v) is 4.45. The number of rotatable bonds is 3. The summed E-state index contributed by atoms with van der Waals surface area (Å²) in [6.45, 7) is 0. The van der Waals surface area contributed by atoms with E-state index in [0.29, 0.717) is 0 Å². The average Bonchev–Trinajstić information content (AvgIpc) is 2.56. The molecule has 118 valence electrons. The summed E-state index contributed by atoms with van der Waals surface area (Å²) in [5.74, 6) is -3.01. The zero-order valence-corrected chi connectivity index (χ0v) is 12.1. The number of halogens is 1. The van der Waals surface area contributed by atoms with Crippen LogP contribution >= 0.6 is 0 Å². The largest absolute Gasteiger partial charge is 0.465 e. The van der Waals surface area contributed by atoms with E-state index in [4.69, 9.17) is 0 Å². The Hall–Kier alpha value is -3.22. The minimum Gasteiger partial charge on any atom is -0.465 e. The second-order valence-electron chi connectivity index (χ2n) is 4.45. The maximum atomic E-state index is 12.8. The molecule has 2 aromatic rings. The van der Waals surface area contributed by atoms with Gasteiger partial charge < -0.3 is 15.4 Å². The molecule has 0 fully saturated rings. The third-order valence-electron chi connectivity index (χ3n) is 2.89. The van der Waals surface area contributed by atoms with E-state index in [2.05, 4.69) is 15.4 Å². The van der Waals surface area contributed by atoms with Gasteiger partial charge in [0, 0.05) is 5.69 Å². The lowest BCUT2D eigenvalue weighted by molar-refractivity contribution is -0.133. The van der Waals surface area contributed by atoms with Crippen LogP contribution in [-0.4, -0.2) is 24.9 Å². The van der Waals surface area contributed by atoms with Crippen LogP contribution in [0, 0.1) is 5.82 Å². The number of ether oxygens (including phenoxy) is 1. The molecule has 0 aromatic heterocycles. The number of carbonyl (C=O) groups is 3. The predicted octanol–water partition coefficient (Wildman–Crippen LogP) is 2.19. The van der Waals surface area contributed by atoms with E-state index in [1.54, 1.807) is 12.1 Å². The molecule has 0 saturated heterocycles. The van der Waals surface area contributed by atoms with Crippen molar-refractivity contribution in [1.82, 2.24) is 0 Å². The van der Waals surface area contributed by atoms with E-state index in [1.165, 1.54) is 31.4 Å². The summed E-state index contributed by atoms with van der Waals surface area (Å²) in [6, 6.07) is 11.1. The van der Waals surface area contributed by atoms with Gasteiger partial charge in [0.2, 0.25) is 0 Å². The highest BCUT2D eigenvalue weighted by atomic mass is 19.1. The summed E-state index contributed by atoms with van der Waals surface area (Å²) < 4.78 is 17.4. The Labute approximate surface area is 131 Å². The fourth-order valence-corrected chi connectivity index (χ4v) is 1.78. The lowest BCUT2D eigenvalue weighted by Crippen LogP contribution is -2.29. The molecule has 0 aliphatic heterocycles. The van der Waals surface area contributed by atoms with Gasteiger partial charge in [-0.15, -0.1) is 0 Å². The van der Waals surface area contributed by atoms with E-state index in [9.17, 15) is 18.8 Å². The number of benzene rings is 2. The number of esters is 1. The number of hydrogen-bond donors (Lipinski definition) is 2. The molecule has 0 atom stereocenters. The molecule has 0 unspecified atom stereocenters. The van der Waals surface area contributed by atoms with Gasteiger partial charge in [-0.2, -0.15) is 0 Å². The highest BCUT2D eigenvalue weighted by Crippen LogP contribution is 2.16. The SMILES string of the molecule is COC(=O)c1ccccc1NC(=O)C(=O)Nc1ccc(F)cc1. The Morgan fingerprint density at radius 1 is 0.913 bits per heavy atom. The van der Waals surface area contributed by atoms with Crippen molar-refractivity contribution in [2.75, 3.05) is 17.7 Å². The number of nitrogens with one attached hydrogen (secondary N) is 2. The number of carbonyl (C=O) groups excluding carboxylic acids is 3. The molecule has 0 aliphatic carbocycles. The molecule has 0 heterocycles. The first-order valence-electron chi connectivity index (χ1n) is 6.56. The Bertz CT molecular complexity index is 744. The third kappa shape index (κ3) is 4.13. The molecular weight excluding hydrogens is 303 g/mol. The van der Waals surface area contributed by atoms with Crippen LogP contribution in [0.2, 0.25) is 0 Å². The topological polar surface area (TPSA) is 84.5 Å². The fourth-order valence-electron chi connectivity index (χ4n) is 1.78. The van der Waals surface area contributed by atoms with Gasteiger partial charge in [0.1, 0.15) is 5.82 Å². The molecule has 0 bridgehead atoms. The maximum absolute atomic E-state index is 12.8. The molecule has 2 aromatic carbocycles. The molecular formula is C16H13FN2O4. The first-order chi connectivity index (χ1) is 11.0. The summed E-state index contributed by atoms with van der Waals surface area (Å²) >= 11 is 0. The first kappa shape index (κ1) is 16.2. The van der Waals surface area contributed by atoms with Crippen molar-refractivity contribution < 1.29 is 23.5 Å². The van der Waals surface area contributed by atoms with Crippen LogP contribution in [0.5, 0.6) is 0 Å². The quantitative estimate of drug-likeness (QED) is 0.671. The number of methoxy groups -OCH3 is 1. The molecule has 0 spiro atoms. The zero-order chi connectivity index (χ0) is 16.8. The van der Waals surface area contributed by atoms with Crippen molar-refractivity contribution in [2.45, 2.75) is 0 Å². The number of anilines is 2. The molecule has 0 radical (unpaired) electrons. The van der Waals surface area contributed by atoms with Gasteiger partial charge in [0.05, 0.1) is 18.4 Å². The van der Waals surface area contributed by atoms with Crippen LogP contribution in [0.1, 0.15) is 10.4 Å². The summed E-state index contributed by atoms with van der Waals surface area (Å²) in [5, 5.41) is 4.65. The summed E-state index contributed by atoms with van der Waals surface area (Å²) in [7, 11) is 1.21. The Balaban J connectivity index is 2.08. The lowest BCUT2D eigenvalue weighted by atomic mass is 10.2. The van der Waals surface area contributed by atoms with Crippen molar-refractivity contribution in [3.05, 3.63) is 59.9 Å². The molecule has 2 amide bonds. The predicted molar refractivity (Wildman–Crippen MR) is 81.4 cm³/mol. The van der Waals surface area contributed by atoms with Gasteiger partial charge in [0.25, 0.3) is 0 Å². The van der Waals surface area contributed by atoms with E-state index < -0.39 is 23.6 Å². The fraction of sp³-hybridized carbons (Fsp3) is 0.0625. The van der Waals surface area contributed by atoms with Crippen LogP contribution in [0.15, 0.2) is 48.5 Å². The van der Waals surface area contributed by atoms with Crippen molar-refractivity contribution in [3.63, 3.8) is 0 Å². The van der Waals surface area contributed by atoms with Gasteiger partial charge in [0.15, 0.2) is 0 Å². The number of amides is 2. The van der Waals surface area contributed by atoms with Crippen molar-refractivity contribution in [3.8, 4) is 0 Å². The van der Waals surface area contributed by atoms with Crippen LogP contribution in [0.3, 0.4) is 0 Å². The third-order valence-corrected chi connectivity index (χ3v) is 2.89. The summed E-state index contributed by atoms with van der Waals surface area (Å²) in [5.41, 5.74) is 0.546.